The standard InChI is InChI=1S/C15H15Br3Si/c1-19(2,3)13-9-5-8-12(18)15(13)14-10(16)6-4-7-11(14)17/h4-9H,1-3H3. The van der Waals surface area contributed by atoms with Crippen molar-refractivity contribution in [2.24, 2.45) is 0 Å². The first-order valence-corrected chi connectivity index (χ1v) is 11.9. The highest BCUT2D eigenvalue weighted by Crippen LogP contribution is 2.38. The number of halogens is 3. The van der Waals surface area contributed by atoms with Crippen LogP contribution in [0, 0.1) is 0 Å². The van der Waals surface area contributed by atoms with E-state index in [1.165, 1.54) is 16.3 Å². The van der Waals surface area contributed by atoms with Gasteiger partial charge in [0.1, 0.15) is 0 Å². The van der Waals surface area contributed by atoms with Gasteiger partial charge in [-0.2, -0.15) is 0 Å². The first-order chi connectivity index (χ1) is 8.82. The van der Waals surface area contributed by atoms with E-state index in [1.54, 1.807) is 0 Å². The van der Waals surface area contributed by atoms with Crippen molar-refractivity contribution in [3.8, 4) is 11.1 Å². The highest BCUT2D eigenvalue weighted by Gasteiger charge is 2.24. The lowest BCUT2D eigenvalue weighted by atomic mass is 10.1. The van der Waals surface area contributed by atoms with E-state index >= 15 is 0 Å². The number of hydrogen-bond donors (Lipinski definition) is 0. The summed E-state index contributed by atoms with van der Waals surface area (Å²) in [5, 5.41) is 1.47. The zero-order valence-corrected chi connectivity index (χ0v) is 16.9. The van der Waals surface area contributed by atoms with Crippen LogP contribution in [-0.2, 0) is 0 Å². The first kappa shape index (κ1) is 15.5. The number of hydrogen-bond acceptors (Lipinski definition) is 0. The molecule has 0 fully saturated rings. The fourth-order valence-corrected chi connectivity index (χ4v) is 5.89. The van der Waals surface area contributed by atoms with Crippen LogP contribution in [0.15, 0.2) is 49.8 Å². The maximum atomic E-state index is 3.73. The molecule has 0 amide bonds. The van der Waals surface area contributed by atoms with Crippen molar-refractivity contribution in [2.75, 3.05) is 0 Å². The molecule has 0 aliphatic carbocycles. The van der Waals surface area contributed by atoms with E-state index in [-0.39, 0.29) is 0 Å². The fourth-order valence-electron chi connectivity index (χ4n) is 2.14. The molecule has 0 saturated heterocycles. The van der Waals surface area contributed by atoms with E-state index in [4.69, 9.17) is 0 Å². The van der Waals surface area contributed by atoms with Gasteiger partial charge in [-0.25, -0.2) is 0 Å². The Kier molecular flexibility index (Phi) is 4.76. The van der Waals surface area contributed by atoms with Crippen LogP contribution in [0.5, 0.6) is 0 Å². The number of benzene rings is 2. The second-order valence-corrected chi connectivity index (χ2v) is 13.1. The fraction of sp³-hybridized carbons (Fsp3) is 0.200. The van der Waals surface area contributed by atoms with Gasteiger partial charge in [0.05, 0.1) is 8.07 Å². The van der Waals surface area contributed by atoms with Gasteiger partial charge < -0.3 is 0 Å². The summed E-state index contributed by atoms with van der Waals surface area (Å²) in [5.74, 6) is 0. The Bertz CT molecular complexity index is 595. The smallest absolute Gasteiger partial charge is 0.0656 e. The SMILES string of the molecule is C[Si](C)(C)c1cccc(Br)c1-c1c(Br)cccc1Br. The molecule has 100 valence electrons. The Morgan fingerprint density at radius 2 is 1.11 bits per heavy atom. The van der Waals surface area contributed by atoms with Crippen LogP contribution in [0.1, 0.15) is 0 Å². The summed E-state index contributed by atoms with van der Waals surface area (Å²) in [6, 6.07) is 12.7. The predicted octanol–water partition coefficient (Wildman–Crippen LogP) is 6.19. The monoisotopic (exact) mass is 460 g/mol. The van der Waals surface area contributed by atoms with Crippen molar-refractivity contribution in [1.29, 1.82) is 0 Å². The minimum atomic E-state index is -1.41. The molecule has 0 aromatic heterocycles. The molecule has 2 rings (SSSR count). The van der Waals surface area contributed by atoms with Gasteiger partial charge in [0.15, 0.2) is 0 Å². The lowest BCUT2D eigenvalue weighted by Gasteiger charge is -2.23. The van der Waals surface area contributed by atoms with Crippen molar-refractivity contribution in [3.63, 3.8) is 0 Å². The molecule has 0 heterocycles. The second kappa shape index (κ2) is 5.84. The van der Waals surface area contributed by atoms with Crippen LogP contribution >= 0.6 is 47.8 Å². The molecular weight excluding hydrogens is 448 g/mol. The summed E-state index contributed by atoms with van der Waals surface area (Å²) < 4.78 is 3.39. The topological polar surface area (TPSA) is 0 Å². The summed E-state index contributed by atoms with van der Waals surface area (Å²) in [6.45, 7) is 7.13. The third kappa shape index (κ3) is 3.23. The molecule has 0 atom stereocenters. The largest absolute Gasteiger partial charge is 0.0784 e. The van der Waals surface area contributed by atoms with E-state index in [0.717, 1.165) is 13.4 Å². The summed E-state index contributed by atoms with van der Waals surface area (Å²) in [6.07, 6.45) is 0. The van der Waals surface area contributed by atoms with Crippen LogP contribution in [0.3, 0.4) is 0 Å². The van der Waals surface area contributed by atoms with Crippen LogP contribution in [0.25, 0.3) is 11.1 Å². The summed E-state index contributed by atoms with van der Waals surface area (Å²) in [7, 11) is -1.41. The molecule has 0 unspecified atom stereocenters. The van der Waals surface area contributed by atoms with Crippen LogP contribution in [0.4, 0.5) is 0 Å². The normalized spacial score (nSPS) is 11.7. The molecule has 2 aromatic rings. The molecule has 19 heavy (non-hydrogen) atoms. The Labute approximate surface area is 141 Å². The van der Waals surface area contributed by atoms with Gasteiger partial charge >= 0.3 is 0 Å². The van der Waals surface area contributed by atoms with Gasteiger partial charge in [0, 0.05) is 19.0 Å². The van der Waals surface area contributed by atoms with Crippen molar-refractivity contribution in [2.45, 2.75) is 19.6 Å². The summed E-state index contributed by atoms with van der Waals surface area (Å²) in [5.41, 5.74) is 2.54. The third-order valence-electron chi connectivity index (χ3n) is 3.03. The molecule has 2 aromatic carbocycles. The second-order valence-electron chi connectivity index (χ2n) is 5.51. The average molecular weight is 463 g/mol. The molecule has 0 aliphatic rings. The van der Waals surface area contributed by atoms with Gasteiger partial charge in [-0.3, -0.25) is 0 Å². The average Bonchev–Trinajstić information content (AvgIpc) is 2.29. The first-order valence-electron chi connectivity index (χ1n) is 6.05. The quantitative estimate of drug-likeness (QED) is 0.467. The molecule has 0 bridgehead atoms. The highest BCUT2D eigenvalue weighted by atomic mass is 79.9. The minimum absolute atomic E-state index is 1.12. The Balaban J connectivity index is 2.83. The third-order valence-corrected chi connectivity index (χ3v) is 7.05. The van der Waals surface area contributed by atoms with Gasteiger partial charge in [-0.15, -0.1) is 0 Å². The van der Waals surface area contributed by atoms with Crippen LogP contribution in [-0.4, -0.2) is 8.07 Å². The Morgan fingerprint density at radius 3 is 1.58 bits per heavy atom. The van der Waals surface area contributed by atoms with E-state index in [0.29, 0.717) is 0 Å². The molecule has 0 aliphatic heterocycles. The highest BCUT2D eigenvalue weighted by molar-refractivity contribution is 9.11. The van der Waals surface area contributed by atoms with E-state index < -0.39 is 8.07 Å². The Hall–Kier alpha value is 0.0969. The van der Waals surface area contributed by atoms with Crippen molar-refractivity contribution >= 4 is 61.1 Å². The predicted molar refractivity (Wildman–Crippen MR) is 98.0 cm³/mol. The molecule has 4 heteroatoms. The van der Waals surface area contributed by atoms with Crippen molar-refractivity contribution < 1.29 is 0 Å². The van der Waals surface area contributed by atoms with Crippen LogP contribution in [0.2, 0.25) is 19.6 Å². The lowest BCUT2D eigenvalue weighted by Crippen LogP contribution is -2.39. The zero-order chi connectivity index (χ0) is 14.2. The van der Waals surface area contributed by atoms with Gasteiger partial charge in [-0.05, 0) is 23.8 Å². The van der Waals surface area contributed by atoms with E-state index in [1.807, 2.05) is 6.07 Å². The summed E-state index contributed by atoms with van der Waals surface area (Å²) in [4.78, 5) is 0. The number of rotatable bonds is 2. The maximum absolute atomic E-state index is 3.73. The van der Waals surface area contributed by atoms with E-state index in [2.05, 4.69) is 97.8 Å². The van der Waals surface area contributed by atoms with Crippen LogP contribution < -0.4 is 5.19 Å². The minimum Gasteiger partial charge on any atom is -0.0656 e. The molecule has 0 radical (unpaired) electrons. The molecule has 0 spiro atoms. The molecule has 0 saturated carbocycles. The van der Waals surface area contributed by atoms with Gasteiger partial charge in [-0.1, -0.05) is 90.8 Å². The molecule has 0 N–H and O–H groups in total. The lowest BCUT2D eigenvalue weighted by molar-refractivity contribution is 1.53. The molecular formula is C15H15Br3Si. The molecule has 0 nitrogen and oxygen atoms in total. The zero-order valence-electron chi connectivity index (χ0n) is 11.1. The van der Waals surface area contributed by atoms with E-state index in [9.17, 15) is 0 Å². The maximum Gasteiger partial charge on any atom is 0.0784 e. The van der Waals surface area contributed by atoms with Crippen molar-refractivity contribution in [3.05, 3.63) is 49.8 Å². The van der Waals surface area contributed by atoms with Gasteiger partial charge in [0.25, 0.3) is 0 Å². The Morgan fingerprint density at radius 1 is 0.684 bits per heavy atom. The van der Waals surface area contributed by atoms with Crippen molar-refractivity contribution in [1.82, 2.24) is 0 Å². The van der Waals surface area contributed by atoms with Gasteiger partial charge in [0.2, 0.25) is 0 Å². The summed E-state index contributed by atoms with van der Waals surface area (Å²) >= 11 is 11.1.